The first-order valence-corrected chi connectivity index (χ1v) is 6.32. The van der Waals surface area contributed by atoms with E-state index >= 15 is 0 Å². The first-order valence-electron chi connectivity index (χ1n) is 6.32. The molecule has 0 aliphatic rings. The Morgan fingerprint density at radius 1 is 1.27 bits per heavy atom. The lowest BCUT2D eigenvalue weighted by atomic mass is 10.2. The van der Waals surface area contributed by atoms with E-state index in [1.54, 1.807) is 23.0 Å². The Morgan fingerprint density at radius 2 is 2.05 bits per heavy atom. The predicted molar refractivity (Wildman–Crippen MR) is 78.4 cm³/mol. The lowest BCUT2D eigenvalue weighted by molar-refractivity contribution is -0.540. The maximum Gasteiger partial charge on any atom is 0.377 e. The van der Waals surface area contributed by atoms with Crippen molar-refractivity contribution in [2.45, 2.75) is 6.54 Å². The number of nitro groups is 1. The number of H-pyrrole nitrogens is 1. The highest BCUT2D eigenvalue weighted by atomic mass is 16.7. The number of benzene rings is 1. The van der Waals surface area contributed by atoms with Crippen LogP contribution in [0.4, 0.5) is 0 Å². The minimum atomic E-state index is -1.23. The van der Waals surface area contributed by atoms with Gasteiger partial charge in [0.05, 0.1) is 5.52 Å². The molecule has 3 N–H and O–H groups in total. The predicted octanol–water partition coefficient (Wildman–Crippen LogP) is -0.0210. The van der Waals surface area contributed by atoms with Crippen LogP contribution in [-0.4, -0.2) is 19.3 Å². The van der Waals surface area contributed by atoms with Crippen molar-refractivity contribution >= 4 is 11.0 Å². The molecular formula is C13H11N5O4. The molecule has 9 heteroatoms. The molecule has 0 atom stereocenters. The van der Waals surface area contributed by atoms with Crippen LogP contribution in [0.5, 0.6) is 0 Å². The van der Waals surface area contributed by atoms with Crippen LogP contribution in [0.2, 0.25) is 0 Å². The second-order valence-electron chi connectivity index (χ2n) is 4.64. The van der Waals surface area contributed by atoms with Gasteiger partial charge < -0.3 is 15.3 Å². The Kier molecular flexibility index (Phi) is 3.11. The number of nitrogens with one attached hydrogen (secondary N) is 1. The highest BCUT2D eigenvalue weighted by Crippen LogP contribution is 2.16. The molecule has 2 aromatic heterocycles. The minimum Gasteiger partial charge on any atom is -0.326 e. The first kappa shape index (κ1) is 13.8. The smallest absolute Gasteiger partial charge is 0.326 e. The van der Waals surface area contributed by atoms with Gasteiger partial charge in [-0.1, -0.05) is 0 Å². The molecule has 22 heavy (non-hydrogen) atoms. The van der Waals surface area contributed by atoms with Gasteiger partial charge in [-0.05, 0) is 34.5 Å². The Morgan fingerprint density at radius 3 is 2.68 bits per heavy atom. The Bertz CT molecular complexity index is 998. The standard InChI is InChI=1S/C13H11N5O4/c14-6-8-3-4-16(7-8)9-1-2-10-11(5-9)17(18(21)22)13(20)12(19)15-10/h1-5,7H,6,14H2,(H,15,19). The molecule has 3 aromatic rings. The van der Waals surface area contributed by atoms with Crippen molar-refractivity contribution in [1.29, 1.82) is 0 Å². The largest absolute Gasteiger partial charge is 0.377 e. The maximum atomic E-state index is 11.7. The average Bonchev–Trinajstić information content (AvgIpc) is 2.96. The second kappa shape index (κ2) is 4.97. The van der Waals surface area contributed by atoms with Crippen LogP contribution in [0.25, 0.3) is 16.7 Å². The Labute approximate surface area is 122 Å². The molecule has 3 rings (SSSR count). The molecule has 0 aliphatic heterocycles. The summed E-state index contributed by atoms with van der Waals surface area (Å²) >= 11 is 0. The third-order valence-electron chi connectivity index (χ3n) is 3.30. The molecule has 0 spiro atoms. The van der Waals surface area contributed by atoms with E-state index in [-0.39, 0.29) is 15.7 Å². The maximum absolute atomic E-state index is 11.7. The van der Waals surface area contributed by atoms with Gasteiger partial charge >= 0.3 is 11.1 Å². The molecule has 0 bridgehead atoms. The zero-order valence-electron chi connectivity index (χ0n) is 11.2. The van der Waals surface area contributed by atoms with Crippen molar-refractivity contribution in [3.8, 4) is 5.69 Å². The highest BCUT2D eigenvalue weighted by molar-refractivity contribution is 5.76. The van der Waals surface area contributed by atoms with Crippen LogP contribution in [0.1, 0.15) is 5.56 Å². The number of nitrogens with two attached hydrogens (primary N) is 1. The third kappa shape index (κ3) is 2.09. The van der Waals surface area contributed by atoms with E-state index in [1.165, 1.54) is 12.1 Å². The SMILES string of the molecule is NCc1ccn(-c2ccc3[nH]c(=O)c(=O)n([N+](=O)[O-])c3c2)c1. The number of aromatic nitrogens is 3. The first-order chi connectivity index (χ1) is 10.5. The number of aromatic amines is 1. The van der Waals surface area contributed by atoms with Gasteiger partial charge in [0, 0.05) is 24.6 Å². The topological polar surface area (TPSA) is 129 Å². The molecule has 0 aliphatic carbocycles. The van der Waals surface area contributed by atoms with Gasteiger partial charge in [0.2, 0.25) is 0 Å². The molecule has 2 heterocycles. The van der Waals surface area contributed by atoms with E-state index in [1.807, 2.05) is 6.07 Å². The third-order valence-corrected chi connectivity index (χ3v) is 3.30. The lowest BCUT2D eigenvalue weighted by Gasteiger charge is -2.06. The van der Waals surface area contributed by atoms with Gasteiger partial charge in [-0.15, -0.1) is 0 Å². The molecule has 0 fully saturated rings. The van der Waals surface area contributed by atoms with Crippen LogP contribution < -0.4 is 16.9 Å². The molecular weight excluding hydrogens is 290 g/mol. The van der Waals surface area contributed by atoms with Crippen LogP contribution in [0.15, 0.2) is 46.2 Å². The van der Waals surface area contributed by atoms with E-state index in [0.717, 1.165) is 5.56 Å². The highest BCUT2D eigenvalue weighted by Gasteiger charge is 2.16. The molecule has 0 saturated heterocycles. The van der Waals surface area contributed by atoms with Crippen LogP contribution in [0, 0.1) is 10.1 Å². The van der Waals surface area contributed by atoms with E-state index in [2.05, 4.69) is 4.98 Å². The molecule has 112 valence electrons. The molecule has 1 aromatic carbocycles. The quantitative estimate of drug-likeness (QED) is 0.399. The van der Waals surface area contributed by atoms with Crippen molar-refractivity contribution < 1.29 is 5.03 Å². The zero-order chi connectivity index (χ0) is 15.9. The van der Waals surface area contributed by atoms with Gasteiger partial charge in [-0.3, -0.25) is 9.59 Å². The van der Waals surface area contributed by atoms with E-state index < -0.39 is 16.2 Å². The van der Waals surface area contributed by atoms with E-state index in [0.29, 0.717) is 12.2 Å². The van der Waals surface area contributed by atoms with Crippen molar-refractivity contribution in [1.82, 2.24) is 14.2 Å². The summed E-state index contributed by atoms with van der Waals surface area (Å²) in [7, 11) is 0. The van der Waals surface area contributed by atoms with E-state index in [4.69, 9.17) is 5.73 Å². The summed E-state index contributed by atoms with van der Waals surface area (Å²) in [5.74, 6) is 0. The lowest BCUT2D eigenvalue weighted by Crippen LogP contribution is -2.39. The summed E-state index contributed by atoms with van der Waals surface area (Å²) in [5.41, 5.74) is 4.99. The molecule has 0 amide bonds. The average molecular weight is 301 g/mol. The molecule has 0 radical (unpaired) electrons. The summed E-state index contributed by atoms with van der Waals surface area (Å²) in [6.45, 7) is 0.369. The van der Waals surface area contributed by atoms with Gasteiger partial charge in [0.25, 0.3) is 0 Å². The zero-order valence-corrected chi connectivity index (χ0v) is 11.2. The number of nitrogens with zero attached hydrogens (tertiary/aromatic N) is 3. The summed E-state index contributed by atoms with van der Waals surface area (Å²) in [4.78, 5) is 36.5. The van der Waals surface area contributed by atoms with Crippen LogP contribution in [0.3, 0.4) is 0 Å². The monoisotopic (exact) mass is 301 g/mol. The fourth-order valence-corrected chi connectivity index (χ4v) is 2.23. The Hall–Kier alpha value is -3.20. The molecule has 0 saturated carbocycles. The molecule has 0 unspecified atom stereocenters. The van der Waals surface area contributed by atoms with Crippen molar-refractivity contribution in [3.05, 3.63) is 73.0 Å². The summed E-state index contributed by atoms with van der Waals surface area (Å²) < 4.78 is 1.96. The number of hydrogen-bond acceptors (Lipinski definition) is 5. The number of fused-ring (bicyclic) bond motifs is 1. The summed E-state index contributed by atoms with van der Waals surface area (Å²) in [6.07, 6.45) is 3.53. The second-order valence-corrected chi connectivity index (χ2v) is 4.64. The van der Waals surface area contributed by atoms with Gasteiger partial charge in [0.1, 0.15) is 5.52 Å². The number of hydrogen-bond donors (Lipinski definition) is 2. The normalized spacial score (nSPS) is 11.0. The summed E-state index contributed by atoms with van der Waals surface area (Å²) in [5, 5.41) is 10.2. The fourth-order valence-electron chi connectivity index (χ4n) is 2.23. The van der Waals surface area contributed by atoms with E-state index in [9.17, 15) is 19.7 Å². The van der Waals surface area contributed by atoms with Crippen LogP contribution in [-0.2, 0) is 6.54 Å². The summed E-state index contributed by atoms with van der Waals surface area (Å²) in [6, 6.07) is 6.45. The van der Waals surface area contributed by atoms with Gasteiger partial charge in [-0.2, -0.15) is 0 Å². The molecule has 9 nitrogen and oxygen atoms in total. The van der Waals surface area contributed by atoms with Crippen molar-refractivity contribution in [3.63, 3.8) is 0 Å². The van der Waals surface area contributed by atoms with Crippen LogP contribution >= 0.6 is 0 Å². The van der Waals surface area contributed by atoms with Crippen molar-refractivity contribution in [2.75, 3.05) is 0 Å². The Balaban J connectivity index is 2.31. The van der Waals surface area contributed by atoms with Crippen molar-refractivity contribution in [2.24, 2.45) is 5.73 Å². The number of rotatable bonds is 3. The van der Waals surface area contributed by atoms with Gasteiger partial charge in [0.15, 0.2) is 5.03 Å². The van der Waals surface area contributed by atoms with Gasteiger partial charge in [-0.25, -0.2) is 10.1 Å². The minimum absolute atomic E-state index is 0.00935. The fraction of sp³-hybridized carbons (Fsp3) is 0.0769.